The van der Waals surface area contributed by atoms with Crippen LogP contribution in [0.25, 0.3) is 0 Å². The predicted octanol–water partition coefficient (Wildman–Crippen LogP) is 2.71. The summed E-state index contributed by atoms with van der Waals surface area (Å²) in [6.45, 7) is 4.81. The summed E-state index contributed by atoms with van der Waals surface area (Å²) in [5.41, 5.74) is 2.62. The maximum absolute atomic E-state index is 12.5. The molecular formula is C19H27N5O. The molecule has 1 aliphatic heterocycles. The molecular weight excluding hydrogens is 314 g/mol. The summed E-state index contributed by atoms with van der Waals surface area (Å²) >= 11 is 0. The molecule has 1 aliphatic rings. The van der Waals surface area contributed by atoms with Crippen molar-refractivity contribution in [3.05, 3.63) is 47.5 Å². The van der Waals surface area contributed by atoms with Crippen molar-refractivity contribution in [2.24, 2.45) is 0 Å². The van der Waals surface area contributed by atoms with Crippen LogP contribution in [0, 0.1) is 0 Å². The fourth-order valence-corrected chi connectivity index (χ4v) is 3.42. The van der Waals surface area contributed by atoms with Crippen LogP contribution in [0.1, 0.15) is 60.4 Å². The SMILES string of the molecule is CCCc1cc(C(=O)NC[C@@H](c2cccnc2)N2CCCCC2)n[nH]1. The normalized spacial score (nSPS) is 16.5. The average Bonchev–Trinajstić information content (AvgIpc) is 3.13. The van der Waals surface area contributed by atoms with E-state index in [1.54, 1.807) is 6.20 Å². The molecule has 2 N–H and O–H groups in total. The number of H-pyrrole nitrogens is 1. The lowest BCUT2D eigenvalue weighted by Gasteiger charge is -2.34. The van der Waals surface area contributed by atoms with Crippen LogP contribution in [0.5, 0.6) is 0 Å². The summed E-state index contributed by atoms with van der Waals surface area (Å²) in [5.74, 6) is -0.121. The Bertz CT molecular complexity index is 663. The lowest BCUT2D eigenvalue weighted by Crippen LogP contribution is -2.40. The number of aromatic nitrogens is 3. The molecule has 1 saturated heterocycles. The third-order valence-corrected chi connectivity index (χ3v) is 4.74. The van der Waals surface area contributed by atoms with Gasteiger partial charge in [-0.15, -0.1) is 0 Å². The van der Waals surface area contributed by atoms with Gasteiger partial charge in [-0.2, -0.15) is 5.10 Å². The second-order valence-electron chi connectivity index (χ2n) is 6.64. The molecule has 0 saturated carbocycles. The molecule has 0 bridgehead atoms. The van der Waals surface area contributed by atoms with E-state index in [1.807, 2.05) is 18.3 Å². The van der Waals surface area contributed by atoms with E-state index in [2.05, 4.69) is 38.4 Å². The Labute approximate surface area is 149 Å². The van der Waals surface area contributed by atoms with E-state index in [0.29, 0.717) is 12.2 Å². The summed E-state index contributed by atoms with van der Waals surface area (Å²) in [4.78, 5) is 19.2. The van der Waals surface area contributed by atoms with Gasteiger partial charge in [-0.3, -0.25) is 19.8 Å². The molecule has 0 unspecified atom stereocenters. The molecule has 2 aromatic rings. The highest BCUT2D eigenvalue weighted by atomic mass is 16.1. The highest BCUT2D eigenvalue weighted by Crippen LogP contribution is 2.23. The van der Waals surface area contributed by atoms with Crippen LogP contribution in [0.2, 0.25) is 0 Å². The minimum atomic E-state index is -0.121. The first-order chi connectivity index (χ1) is 12.3. The fraction of sp³-hybridized carbons (Fsp3) is 0.526. The molecule has 2 aromatic heterocycles. The van der Waals surface area contributed by atoms with Crippen LogP contribution in [-0.2, 0) is 6.42 Å². The molecule has 134 valence electrons. The summed E-state index contributed by atoms with van der Waals surface area (Å²) in [5, 5.41) is 10.1. The number of rotatable bonds is 7. The number of hydrogen-bond acceptors (Lipinski definition) is 4. The number of likely N-dealkylation sites (tertiary alicyclic amines) is 1. The second kappa shape index (κ2) is 8.76. The molecule has 0 aromatic carbocycles. The Morgan fingerprint density at radius 3 is 2.92 bits per heavy atom. The first-order valence-electron chi connectivity index (χ1n) is 9.24. The van der Waals surface area contributed by atoms with Gasteiger partial charge in [0.15, 0.2) is 0 Å². The van der Waals surface area contributed by atoms with E-state index >= 15 is 0 Å². The van der Waals surface area contributed by atoms with Crippen LogP contribution < -0.4 is 5.32 Å². The van der Waals surface area contributed by atoms with Gasteiger partial charge in [0.25, 0.3) is 5.91 Å². The van der Waals surface area contributed by atoms with Gasteiger partial charge in [-0.25, -0.2) is 0 Å². The van der Waals surface area contributed by atoms with Crippen molar-refractivity contribution in [3.63, 3.8) is 0 Å². The number of carbonyl (C=O) groups is 1. The standard InChI is InChI=1S/C19H27N5O/c1-2-7-16-12-17(23-22-16)19(25)21-14-18(15-8-6-9-20-13-15)24-10-4-3-5-11-24/h6,8-9,12-13,18H,2-5,7,10-11,14H2,1H3,(H,21,25)(H,22,23)/t18-/m0/s1. The Morgan fingerprint density at radius 2 is 2.20 bits per heavy atom. The molecule has 3 rings (SSSR count). The number of nitrogens with one attached hydrogen (secondary N) is 2. The Kier molecular flexibility index (Phi) is 6.17. The van der Waals surface area contributed by atoms with Crippen LogP contribution in [0.4, 0.5) is 0 Å². The number of aromatic amines is 1. The number of carbonyl (C=O) groups excluding carboxylic acids is 1. The van der Waals surface area contributed by atoms with Gasteiger partial charge < -0.3 is 5.32 Å². The van der Waals surface area contributed by atoms with Crippen LogP contribution in [0.15, 0.2) is 30.6 Å². The highest BCUT2D eigenvalue weighted by Gasteiger charge is 2.23. The molecule has 1 amide bonds. The van der Waals surface area contributed by atoms with E-state index in [1.165, 1.54) is 19.3 Å². The lowest BCUT2D eigenvalue weighted by atomic mass is 10.0. The van der Waals surface area contributed by atoms with Gasteiger partial charge in [0.2, 0.25) is 0 Å². The van der Waals surface area contributed by atoms with Gasteiger partial charge in [0.1, 0.15) is 5.69 Å². The average molecular weight is 341 g/mol. The van der Waals surface area contributed by atoms with Crippen LogP contribution in [0.3, 0.4) is 0 Å². The Morgan fingerprint density at radius 1 is 1.36 bits per heavy atom. The van der Waals surface area contributed by atoms with E-state index in [-0.39, 0.29) is 11.9 Å². The molecule has 0 radical (unpaired) electrons. The monoisotopic (exact) mass is 341 g/mol. The number of amides is 1. The molecule has 0 aliphatic carbocycles. The van der Waals surface area contributed by atoms with Gasteiger partial charge in [0.05, 0.1) is 6.04 Å². The molecule has 3 heterocycles. The minimum Gasteiger partial charge on any atom is -0.349 e. The van der Waals surface area contributed by atoms with Crippen molar-refractivity contribution < 1.29 is 4.79 Å². The van der Waals surface area contributed by atoms with Crippen molar-refractivity contribution in [2.75, 3.05) is 19.6 Å². The second-order valence-corrected chi connectivity index (χ2v) is 6.64. The smallest absolute Gasteiger partial charge is 0.271 e. The zero-order chi connectivity index (χ0) is 17.5. The molecule has 0 spiro atoms. The third kappa shape index (κ3) is 4.66. The maximum Gasteiger partial charge on any atom is 0.271 e. The van der Waals surface area contributed by atoms with E-state index in [0.717, 1.165) is 37.2 Å². The number of nitrogens with zero attached hydrogens (tertiary/aromatic N) is 3. The third-order valence-electron chi connectivity index (χ3n) is 4.74. The van der Waals surface area contributed by atoms with Crippen molar-refractivity contribution >= 4 is 5.91 Å². The zero-order valence-electron chi connectivity index (χ0n) is 14.9. The van der Waals surface area contributed by atoms with Crippen LogP contribution in [-0.4, -0.2) is 45.6 Å². The molecule has 1 fully saturated rings. The van der Waals surface area contributed by atoms with Gasteiger partial charge in [-0.05, 0) is 50.0 Å². The number of piperidine rings is 1. The number of pyridine rings is 1. The fourth-order valence-electron chi connectivity index (χ4n) is 3.42. The first kappa shape index (κ1) is 17.6. The molecule has 25 heavy (non-hydrogen) atoms. The van der Waals surface area contributed by atoms with Crippen molar-refractivity contribution in [1.82, 2.24) is 25.4 Å². The van der Waals surface area contributed by atoms with E-state index in [9.17, 15) is 4.79 Å². The Balaban J connectivity index is 1.66. The van der Waals surface area contributed by atoms with Crippen LogP contribution >= 0.6 is 0 Å². The Hall–Kier alpha value is -2.21. The number of aryl methyl sites for hydroxylation is 1. The van der Waals surface area contributed by atoms with Gasteiger partial charge in [0, 0.05) is 24.6 Å². The molecule has 1 atom stereocenters. The maximum atomic E-state index is 12.5. The van der Waals surface area contributed by atoms with Crippen molar-refractivity contribution in [3.8, 4) is 0 Å². The molecule has 6 nitrogen and oxygen atoms in total. The predicted molar refractivity (Wildman–Crippen MR) is 97.3 cm³/mol. The largest absolute Gasteiger partial charge is 0.349 e. The van der Waals surface area contributed by atoms with E-state index in [4.69, 9.17) is 0 Å². The summed E-state index contributed by atoms with van der Waals surface area (Å²) in [6.07, 6.45) is 9.34. The van der Waals surface area contributed by atoms with Crippen molar-refractivity contribution in [1.29, 1.82) is 0 Å². The molecule has 6 heteroatoms. The summed E-state index contributed by atoms with van der Waals surface area (Å²) in [6, 6.07) is 6.05. The zero-order valence-corrected chi connectivity index (χ0v) is 14.9. The topological polar surface area (TPSA) is 73.9 Å². The summed E-state index contributed by atoms with van der Waals surface area (Å²) < 4.78 is 0. The summed E-state index contributed by atoms with van der Waals surface area (Å²) in [7, 11) is 0. The number of hydrogen-bond donors (Lipinski definition) is 2. The van der Waals surface area contributed by atoms with Gasteiger partial charge >= 0.3 is 0 Å². The van der Waals surface area contributed by atoms with Crippen molar-refractivity contribution in [2.45, 2.75) is 45.1 Å². The lowest BCUT2D eigenvalue weighted by molar-refractivity contribution is 0.0919. The quantitative estimate of drug-likeness (QED) is 0.812. The van der Waals surface area contributed by atoms with Gasteiger partial charge in [-0.1, -0.05) is 25.8 Å². The van der Waals surface area contributed by atoms with E-state index < -0.39 is 0 Å². The highest BCUT2D eigenvalue weighted by molar-refractivity contribution is 5.92. The minimum absolute atomic E-state index is 0.121. The first-order valence-corrected chi connectivity index (χ1v) is 9.24.